The molecule has 0 radical (unpaired) electrons. The highest BCUT2D eigenvalue weighted by Gasteiger charge is 2.29. The van der Waals surface area contributed by atoms with Gasteiger partial charge in [-0.2, -0.15) is 0 Å². The largest absolute Gasteiger partial charge is 0.488 e. The normalized spacial score (nSPS) is 27.1. The van der Waals surface area contributed by atoms with E-state index in [0.717, 1.165) is 31.2 Å². The highest BCUT2D eigenvalue weighted by molar-refractivity contribution is 5.37. The number of hydrogen-bond acceptors (Lipinski definition) is 3. The van der Waals surface area contributed by atoms with Crippen molar-refractivity contribution < 1.29 is 4.74 Å². The van der Waals surface area contributed by atoms with E-state index in [1.54, 1.807) is 0 Å². The zero-order chi connectivity index (χ0) is 14.7. The summed E-state index contributed by atoms with van der Waals surface area (Å²) in [5, 5.41) is 3.59. The fourth-order valence-corrected chi connectivity index (χ4v) is 3.80. The van der Waals surface area contributed by atoms with Crippen molar-refractivity contribution in [1.29, 1.82) is 0 Å². The summed E-state index contributed by atoms with van der Waals surface area (Å²) in [7, 11) is 0. The molecule has 3 unspecified atom stereocenters. The molecule has 2 aliphatic rings. The minimum Gasteiger partial charge on any atom is -0.488 e. The van der Waals surface area contributed by atoms with Crippen LogP contribution in [-0.2, 0) is 6.42 Å². The van der Waals surface area contributed by atoms with Crippen LogP contribution in [0.4, 0.5) is 0 Å². The van der Waals surface area contributed by atoms with E-state index in [1.807, 2.05) is 0 Å². The number of fused-ring (bicyclic) bond motifs is 1. The molecule has 0 aliphatic carbocycles. The van der Waals surface area contributed by atoms with Crippen LogP contribution in [0.15, 0.2) is 24.3 Å². The highest BCUT2D eigenvalue weighted by Crippen LogP contribution is 2.29. The Morgan fingerprint density at radius 3 is 3.05 bits per heavy atom. The molecule has 3 nitrogen and oxygen atoms in total. The molecule has 2 aliphatic heterocycles. The van der Waals surface area contributed by atoms with Crippen molar-refractivity contribution in [2.45, 2.75) is 45.3 Å². The van der Waals surface area contributed by atoms with E-state index in [9.17, 15) is 0 Å². The maximum atomic E-state index is 6.10. The molecule has 21 heavy (non-hydrogen) atoms. The number of benzene rings is 1. The van der Waals surface area contributed by atoms with E-state index >= 15 is 0 Å². The van der Waals surface area contributed by atoms with E-state index in [-0.39, 0.29) is 0 Å². The standard InChI is InChI=1S/C18H28N2O/c1-3-19-14(2)16-8-6-10-20(12-16)13-17-11-15-7-4-5-9-18(15)21-17/h4-5,7,9,14,16-17,19H,3,6,8,10-13H2,1-2H3. The van der Waals surface area contributed by atoms with Crippen LogP contribution in [0, 0.1) is 5.92 Å². The predicted octanol–water partition coefficient (Wildman–Crippen LogP) is 2.70. The fraction of sp³-hybridized carbons (Fsp3) is 0.667. The molecule has 0 saturated carbocycles. The van der Waals surface area contributed by atoms with Gasteiger partial charge in [0, 0.05) is 25.6 Å². The first kappa shape index (κ1) is 14.9. The van der Waals surface area contributed by atoms with E-state index in [0.29, 0.717) is 12.1 Å². The van der Waals surface area contributed by atoms with Gasteiger partial charge < -0.3 is 10.1 Å². The third kappa shape index (κ3) is 3.58. The highest BCUT2D eigenvalue weighted by atomic mass is 16.5. The first-order valence-electron chi connectivity index (χ1n) is 8.46. The molecular weight excluding hydrogens is 260 g/mol. The fourth-order valence-electron chi connectivity index (χ4n) is 3.80. The second-order valence-corrected chi connectivity index (χ2v) is 6.56. The Labute approximate surface area is 128 Å². The molecule has 3 rings (SSSR count). The minimum absolute atomic E-state index is 0.343. The van der Waals surface area contributed by atoms with E-state index in [4.69, 9.17) is 4.74 Å². The van der Waals surface area contributed by atoms with Crippen LogP contribution in [0.5, 0.6) is 5.75 Å². The van der Waals surface area contributed by atoms with Gasteiger partial charge >= 0.3 is 0 Å². The monoisotopic (exact) mass is 288 g/mol. The van der Waals surface area contributed by atoms with E-state index in [1.165, 1.54) is 31.5 Å². The molecule has 1 aromatic carbocycles. The summed E-state index contributed by atoms with van der Waals surface area (Å²) in [5.41, 5.74) is 1.37. The van der Waals surface area contributed by atoms with Gasteiger partial charge in [0.2, 0.25) is 0 Å². The van der Waals surface area contributed by atoms with Crippen molar-refractivity contribution in [3.63, 3.8) is 0 Å². The lowest BCUT2D eigenvalue weighted by Crippen LogP contribution is -2.47. The lowest BCUT2D eigenvalue weighted by atomic mass is 9.91. The third-order valence-corrected chi connectivity index (χ3v) is 4.95. The summed E-state index contributed by atoms with van der Waals surface area (Å²) in [5.74, 6) is 1.87. The van der Waals surface area contributed by atoms with Gasteiger partial charge in [-0.15, -0.1) is 0 Å². The quantitative estimate of drug-likeness (QED) is 0.901. The van der Waals surface area contributed by atoms with Crippen molar-refractivity contribution in [3.8, 4) is 5.75 Å². The second-order valence-electron chi connectivity index (χ2n) is 6.56. The van der Waals surface area contributed by atoms with Crippen LogP contribution in [-0.4, -0.2) is 43.2 Å². The first-order valence-corrected chi connectivity index (χ1v) is 8.46. The average Bonchev–Trinajstić information content (AvgIpc) is 2.90. The van der Waals surface area contributed by atoms with Crippen LogP contribution < -0.4 is 10.1 Å². The van der Waals surface area contributed by atoms with Crippen molar-refractivity contribution in [1.82, 2.24) is 10.2 Å². The van der Waals surface area contributed by atoms with Gasteiger partial charge in [0.15, 0.2) is 0 Å². The Morgan fingerprint density at radius 1 is 1.38 bits per heavy atom. The van der Waals surface area contributed by atoms with Crippen molar-refractivity contribution in [3.05, 3.63) is 29.8 Å². The molecule has 1 aromatic rings. The molecule has 1 fully saturated rings. The smallest absolute Gasteiger partial charge is 0.123 e. The number of rotatable bonds is 5. The lowest BCUT2D eigenvalue weighted by molar-refractivity contribution is 0.1000. The van der Waals surface area contributed by atoms with Crippen LogP contribution in [0.2, 0.25) is 0 Å². The molecule has 0 bridgehead atoms. The van der Waals surface area contributed by atoms with Gasteiger partial charge in [0.1, 0.15) is 11.9 Å². The Balaban J connectivity index is 1.52. The summed E-state index contributed by atoms with van der Waals surface area (Å²) in [6.45, 7) is 9.11. The summed E-state index contributed by atoms with van der Waals surface area (Å²) in [6.07, 6.45) is 4.09. The van der Waals surface area contributed by atoms with Gasteiger partial charge in [-0.25, -0.2) is 0 Å². The number of para-hydroxylation sites is 1. The summed E-state index contributed by atoms with van der Waals surface area (Å²) in [6, 6.07) is 9.10. The zero-order valence-electron chi connectivity index (χ0n) is 13.3. The maximum absolute atomic E-state index is 6.10. The molecule has 0 spiro atoms. The van der Waals surface area contributed by atoms with Gasteiger partial charge in [0.25, 0.3) is 0 Å². The van der Waals surface area contributed by atoms with Gasteiger partial charge in [-0.1, -0.05) is 25.1 Å². The second kappa shape index (κ2) is 6.80. The van der Waals surface area contributed by atoms with Crippen molar-refractivity contribution in [2.75, 3.05) is 26.2 Å². The summed E-state index contributed by atoms with van der Waals surface area (Å²) >= 11 is 0. The van der Waals surface area contributed by atoms with Crippen LogP contribution >= 0.6 is 0 Å². The molecule has 1 saturated heterocycles. The third-order valence-electron chi connectivity index (χ3n) is 4.95. The van der Waals surface area contributed by atoms with Crippen LogP contribution in [0.25, 0.3) is 0 Å². The topological polar surface area (TPSA) is 24.5 Å². The Bertz CT molecular complexity index is 437. The van der Waals surface area contributed by atoms with Crippen LogP contribution in [0.3, 0.4) is 0 Å². The number of nitrogens with one attached hydrogen (secondary N) is 1. The first-order chi connectivity index (χ1) is 10.3. The van der Waals surface area contributed by atoms with E-state index < -0.39 is 0 Å². The van der Waals surface area contributed by atoms with Crippen molar-refractivity contribution in [2.24, 2.45) is 5.92 Å². The average molecular weight is 288 g/mol. The van der Waals surface area contributed by atoms with E-state index in [2.05, 4.69) is 48.3 Å². The Hall–Kier alpha value is -1.06. The molecule has 2 heterocycles. The number of likely N-dealkylation sites (tertiary alicyclic amines) is 1. The van der Waals surface area contributed by atoms with Gasteiger partial charge in [0.05, 0.1) is 0 Å². The maximum Gasteiger partial charge on any atom is 0.123 e. The number of hydrogen-bond donors (Lipinski definition) is 1. The zero-order valence-corrected chi connectivity index (χ0v) is 13.3. The molecule has 3 heteroatoms. The summed E-state index contributed by atoms with van der Waals surface area (Å²) < 4.78 is 6.10. The molecule has 116 valence electrons. The Morgan fingerprint density at radius 2 is 2.24 bits per heavy atom. The van der Waals surface area contributed by atoms with Gasteiger partial charge in [-0.3, -0.25) is 4.90 Å². The molecule has 1 N–H and O–H groups in total. The van der Waals surface area contributed by atoms with Gasteiger partial charge in [-0.05, 0) is 50.4 Å². The molecule has 3 atom stereocenters. The summed E-state index contributed by atoms with van der Waals surface area (Å²) in [4.78, 5) is 2.61. The van der Waals surface area contributed by atoms with Crippen LogP contribution in [0.1, 0.15) is 32.3 Å². The van der Waals surface area contributed by atoms with Crippen molar-refractivity contribution >= 4 is 0 Å². The number of piperidine rings is 1. The number of ether oxygens (including phenoxy) is 1. The number of nitrogens with zero attached hydrogens (tertiary/aromatic N) is 1. The Kier molecular flexibility index (Phi) is 4.81. The molecular formula is C18H28N2O. The molecule has 0 amide bonds. The SMILES string of the molecule is CCNC(C)C1CCCN(CC2Cc3ccccc3O2)C1. The molecule has 0 aromatic heterocycles. The minimum atomic E-state index is 0.343. The lowest BCUT2D eigenvalue weighted by Gasteiger charge is -2.37. The predicted molar refractivity (Wildman–Crippen MR) is 86.9 cm³/mol.